The Balaban J connectivity index is 2.11. The molecule has 104 valence electrons. The van der Waals surface area contributed by atoms with E-state index in [9.17, 15) is 14.7 Å². The summed E-state index contributed by atoms with van der Waals surface area (Å²) in [6.07, 6.45) is -0.691. The lowest BCUT2D eigenvalue weighted by Gasteiger charge is -2.21. The smallest absolute Gasteiger partial charge is 0.326 e. The number of carbonyl (C=O) groups is 2. The van der Waals surface area contributed by atoms with Crippen LogP contribution in [-0.4, -0.2) is 55.5 Å². The summed E-state index contributed by atoms with van der Waals surface area (Å²) in [6.45, 7) is 3.72. The van der Waals surface area contributed by atoms with Gasteiger partial charge in [0.25, 0.3) is 0 Å². The number of aromatic nitrogens is 2. The van der Waals surface area contributed by atoms with Crippen molar-refractivity contribution in [3.05, 3.63) is 17.5 Å². The lowest BCUT2D eigenvalue weighted by atomic mass is 10.2. The fourth-order valence-corrected chi connectivity index (χ4v) is 2.38. The summed E-state index contributed by atoms with van der Waals surface area (Å²) in [6, 6.07) is 0.903. The Morgan fingerprint density at radius 2 is 2.16 bits per heavy atom. The quantitative estimate of drug-likeness (QED) is 0.773. The lowest BCUT2D eigenvalue weighted by Crippen LogP contribution is -2.42. The van der Waals surface area contributed by atoms with E-state index in [1.807, 2.05) is 19.9 Å². The van der Waals surface area contributed by atoms with E-state index in [2.05, 4.69) is 5.10 Å². The molecule has 1 aromatic rings. The first kappa shape index (κ1) is 13.5. The summed E-state index contributed by atoms with van der Waals surface area (Å²) in [5, 5.41) is 22.7. The Labute approximate surface area is 110 Å². The number of hydrogen-bond donors (Lipinski definition) is 2. The standard InChI is InChI=1S/C12H17N3O4/c1-7-3-8(2)15(13-7)6-11(17)14-5-9(16)4-10(14)12(18)19/h3,9-10,16H,4-6H2,1-2H3,(H,18,19)/t9?,10-/m0/s1. The molecule has 1 saturated heterocycles. The molecule has 1 aromatic heterocycles. The minimum absolute atomic E-state index is 0.00380. The summed E-state index contributed by atoms with van der Waals surface area (Å²) >= 11 is 0. The van der Waals surface area contributed by atoms with Crippen LogP contribution in [0, 0.1) is 13.8 Å². The fourth-order valence-electron chi connectivity index (χ4n) is 2.38. The van der Waals surface area contributed by atoms with Crippen molar-refractivity contribution < 1.29 is 19.8 Å². The second-order valence-electron chi connectivity index (χ2n) is 4.87. The number of β-amino-alcohol motifs (C(OH)–C–C–N with tert-alkyl or cyclic N) is 1. The van der Waals surface area contributed by atoms with Gasteiger partial charge in [0, 0.05) is 18.7 Å². The van der Waals surface area contributed by atoms with Gasteiger partial charge < -0.3 is 15.1 Å². The number of carboxylic acid groups (broad SMARTS) is 1. The van der Waals surface area contributed by atoms with E-state index in [1.54, 1.807) is 4.68 Å². The summed E-state index contributed by atoms with van der Waals surface area (Å²) in [5.41, 5.74) is 1.65. The molecule has 2 rings (SSSR count). The molecule has 1 unspecified atom stereocenters. The van der Waals surface area contributed by atoms with Gasteiger partial charge in [-0.05, 0) is 19.9 Å². The molecule has 1 aliphatic rings. The molecule has 1 fully saturated rings. The Morgan fingerprint density at radius 3 is 2.68 bits per heavy atom. The maximum Gasteiger partial charge on any atom is 0.326 e. The molecule has 0 saturated carbocycles. The molecule has 2 N–H and O–H groups in total. The molecule has 7 heteroatoms. The van der Waals surface area contributed by atoms with Gasteiger partial charge >= 0.3 is 5.97 Å². The highest BCUT2D eigenvalue weighted by Crippen LogP contribution is 2.19. The maximum atomic E-state index is 12.1. The number of aliphatic carboxylic acids is 1. The number of amides is 1. The van der Waals surface area contributed by atoms with Crippen LogP contribution in [0.4, 0.5) is 0 Å². The number of rotatable bonds is 3. The number of nitrogens with zero attached hydrogens (tertiary/aromatic N) is 3. The van der Waals surface area contributed by atoms with Gasteiger partial charge in [0.05, 0.1) is 11.8 Å². The van der Waals surface area contributed by atoms with Crippen molar-refractivity contribution >= 4 is 11.9 Å². The molecule has 2 heterocycles. The average molecular weight is 267 g/mol. The molecule has 1 amide bonds. The van der Waals surface area contributed by atoms with Crippen molar-refractivity contribution in [2.75, 3.05) is 6.54 Å². The second-order valence-corrected chi connectivity index (χ2v) is 4.87. The zero-order valence-corrected chi connectivity index (χ0v) is 10.9. The van der Waals surface area contributed by atoms with E-state index >= 15 is 0 Å². The Kier molecular flexibility index (Phi) is 3.57. The van der Waals surface area contributed by atoms with Gasteiger partial charge in [0.1, 0.15) is 12.6 Å². The third kappa shape index (κ3) is 2.76. The molecule has 0 aliphatic carbocycles. The van der Waals surface area contributed by atoms with Gasteiger partial charge in [-0.3, -0.25) is 9.48 Å². The molecule has 0 aromatic carbocycles. The first-order valence-electron chi connectivity index (χ1n) is 6.10. The minimum Gasteiger partial charge on any atom is -0.480 e. The van der Waals surface area contributed by atoms with Gasteiger partial charge in [0.2, 0.25) is 5.91 Å². The minimum atomic E-state index is -1.08. The van der Waals surface area contributed by atoms with Crippen LogP contribution in [0.15, 0.2) is 6.07 Å². The molecule has 7 nitrogen and oxygen atoms in total. The van der Waals surface area contributed by atoms with Crippen LogP contribution in [0.5, 0.6) is 0 Å². The second kappa shape index (κ2) is 5.00. The monoisotopic (exact) mass is 267 g/mol. The predicted molar refractivity (Wildman–Crippen MR) is 65.5 cm³/mol. The van der Waals surface area contributed by atoms with Crippen LogP contribution in [-0.2, 0) is 16.1 Å². The first-order valence-corrected chi connectivity index (χ1v) is 6.10. The number of aryl methyl sites for hydroxylation is 2. The van der Waals surface area contributed by atoms with Crippen LogP contribution in [0.3, 0.4) is 0 Å². The third-order valence-corrected chi connectivity index (χ3v) is 3.27. The number of aliphatic hydroxyl groups is 1. The van der Waals surface area contributed by atoms with Crippen molar-refractivity contribution in [2.24, 2.45) is 0 Å². The lowest BCUT2D eigenvalue weighted by molar-refractivity contribution is -0.148. The zero-order chi connectivity index (χ0) is 14.2. The highest BCUT2D eigenvalue weighted by Gasteiger charge is 2.38. The van der Waals surface area contributed by atoms with Gasteiger partial charge in [-0.2, -0.15) is 5.10 Å². The number of carbonyl (C=O) groups excluding carboxylic acids is 1. The maximum absolute atomic E-state index is 12.1. The molecular weight excluding hydrogens is 250 g/mol. The molecule has 0 radical (unpaired) electrons. The highest BCUT2D eigenvalue weighted by atomic mass is 16.4. The van der Waals surface area contributed by atoms with E-state index in [0.29, 0.717) is 0 Å². The van der Waals surface area contributed by atoms with E-state index in [0.717, 1.165) is 11.4 Å². The van der Waals surface area contributed by atoms with E-state index < -0.39 is 18.1 Å². The average Bonchev–Trinajstić information content (AvgIpc) is 2.83. The van der Waals surface area contributed by atoms with Crippen LogP contribution >= 0.6 is 0 Å². The van der Waals surface area contributed by atoms with Crippen LogP contribution < -0.4 is 0 Å². The van der Waals surface area contributed by atoms with E-state index in [4.69, 9.17) is 5.11 Å². The third-order valence-electron chi connectivity index (χ3n) is 3.27. The van der Waals surface area contributed by atoms with Gasteiger partial charge in [0.15, 0.2) is 0 Å². The first-order chi connectivity index (χ1) is 8.88. The summed E-state index contributed by atoms with van der Waals surface area (Å²) in [7, 11) is 0. The fraction of sp³-hybridized carbons (Fsp3) is 0.583. The van der Waals surface area contributed by atoms with Gasteiger partial charge in [-0.25, -0.2) is 4.79 Å². The predicted octanol–water partition coefficient (Wildman–Crippen LogP) is -0.454. The molecule has 0 spiro atoms. The summed E-state index contributed by atoms with van der Waals surface area (Å²) in [5.74, 6) is -1.42. The largest absolute Gasteiger partial charge is 0.480 e. The van der Waals surface area contributed by atoms with E-state index in [-0.39, 0.29) is 25.4 Å². The number of hydrogen-bond acceptors (Lipinski definition) is 4. The molecule has 19 heavy (non-hydrogen) atoms. The number of carboxylic acids is 1. The van der Waals surface area contributed by atoms with Crippen LogP contribution in [0.2, 0.25) is 0 Å². The van der Waals surface area contributed by atoms with Crippen LogP contribution in [0.1, 0.15) is 17.8 Å². The SMILES string of the molecule is Cc1cc(C)n(CC(=O)N2CC(O)C[C@H]2C(=O)O)n1. The Morgan fingerprint density at radius 1 is 1.47 bits per heavy atom. The molecule has 0 bridgehead atoms. The summed E-state index contributed by atoms with van der Waals surface area (Å²) < 4.78 is 1.54. The Hall–Kier alpha value is -1.89. The molecular formula is C12H17N3O4. The van der Waals surface area contributed by atoms with Gasteiger partial charge in [-0.1, -0.05) is 0 Å². The van der Waals surface area contributed by atoms with Crippen molar-refractivity contribution in [3.63, 3.8) is 0 Å². The molecule has 2 atom stereocenters. The van der Waals surface area contributed by atoms with Crippen LogP contribution in [0.25, 0.3) is 0 Å². The van der Waals surface area contributed by atoms with Crippen molar-refractivity contribution in [1.29, 1.82) is 0 Å². The van der Waals surface area contributed by atoms with E-state index in [1.165, 1.54) is 4.90 Å². The zero-order valence-electron chi connectivity index (χ0n) is 10.9. The topological polar surface area (TPSA) is 95.7 Å². The Bertz CT molecular complexity index is 511. The van der Waals surface area contributed by atoms with Gasteiger partial charge in [-0.15, -0.1) is 0 Å². The van der Waals surface area contributed by atoms with Crippen molar-refractivity contribution in [1.82, 2.24) is 14.7 Å². The number of aliphatic hydroxyl groups excluding tert-OH is 1. The van der Waals surface area contributed by atoms with Crippen molar-refractivity contribution in [2.45, 2.75) is 39.0 Å². The summed E-state index contributed by atoms with van der Waals surface area (Å²) in [4.78, 5) is 24.4. The number of likely N-dealkylation sites (tertiary alicyclic amines) is 1. The highest BCUT2D eigenvalue weighted by molar-refractivity contribution is 5.84. The normalized spacial score (nSPS) is 22.8. The molecule has 1 aliphatic heterocycles. The van der Waals surface area contributed by atoms with Crippen molar-refractivity contribution in [3.8, 4) is 0 Å².